The van der Waals surface area contributed by atoms with Crippen LogP contribution in [0.4, 0.5) is 11.4 Å². The quantitative estimate of drug-likeness (QED) is 0.437. The molecule has 3 aromatic carbocycles. The summed E-state index contributed by atoms with van der Waals surface area (Å²) in [5, 5.41) is 7.58. The van der Waals surface area contributed by atoms with Crippen molar-refractivity contribution < 1.29 is 14.3 Å². The van der Waals surface area contributed by atoms with Crippen LogP contribution in [0.2, 0.25) is 5.02 Å². The van der Waals surface area contributed by atoms with E-state index in [1.54, 1.807) is 31.4 Å². The number of carbonyl (C=O) groups excluding carboxylic acids is 1. The number of benzene rings is 3. The van der Waals surface area contributed by atoms with E-state index in [2.05, 4.69) is 23.6 Å². The molecule has 3 aromatic rings. The van der Waals surface area contributed by atoms with Crippen LogP contribution < -0.4 is 25.0 Å². The Balaban J connectivity index is 1.67. The van der Waals surface area contributed by atoms with Crippen LogP contribution in [0, 0.1) is 19.8 Å². The van der Waals surface area contributed by atoms with Gasteiger partial charge in [0.15, 0.2) is 22.3 Å². The van der Waals surface area contributed by atoms with Crippen molar-refractivity contribution in [3.8, 4) is 11.5 Å². The molecule has 6 nitrogen and oxygen atoms in total. The molecule has 2 aliphatic rings. The average Bonchev–Trinajstić information content (AvgIpc) is 2.82. The fraction of sp³-hybridized carbons (Fsp3) is 0.259. The minimum Gasteiger partial charge on any atom is -0.493 e. The topological polar surface area (TPSA) is 62.8 Å². The summed E-state index contributed by atoms with van der Waals surface area (Å²) in [6.07, 6.45) is 0. The molecule has 5 rings (SSSR count). The number of aryl methyl sites for hydroxylation is 1. The van der Waals surface area contributed by atoms with Crippen LogP contribution in [0.5, 0.6) is 11.5 Å². The Labute approximate surface area is 215 Å². The van der Waals surface area contributed by atoms with Crippen LogP contribution in [-0.4, -0.2) is 23.9 Å². The summed E-state index contributed by atoms with van der Waals surface area (Å²) >= 11 is 11.9. The molecule has 1 fully saturated rings. The van der Waals surface area contributed by atoms with Gasteiger partial charge in [-0.05, 0) is 80.5 Å². The number of anilines is 2. The van der Waals surface area contributed by atoms with E-state index in [-0.39, 0.29) is 5.91 Å². The molecule has 3 atom stereocenters. The van der Waals surface area contributed by atoms with Gasteiger partial charge >= 0.3 is 0 Å². The Morgan fingerprint density at radius 1 is 1.14 bits per heavy atom. The van der Waals surface area contributed by atoms with Gasteiger partial charge in [-0.15, -0.1) is 0 Å². The maximum atomic E-state index is 13.9. The smallest absolute Gasteiger partial charge is 0.236 e. The molecule has 35 heavy (non-hydrogen) atoms. The van der Waals surface area contributed by atoms with Gasteiger partial charge in [0, 0.05) is 16.3 Å². The van der Waals surface area contributed by atoms with Gasteiger partial charge in [-0.2, -0.15) is 0 Å². The second-order valence-corrected chi connectivity index (χ2v) is 9.81. The standard InChI is InChI=1S/C27H26ClN3O3S/c1-15-7-5-9-20(16(15)2)31-26(35)30-23-19-8-6-10-21(33-4)24(19)34-27(31,3)22(23)25(32)29-18-13-11-17(28)12-14-18/h5-14,22-23H,1-4H3,(H,29,32)(H,30,35). The number of thiocarbonyl (C=S) groups is 1. The molecule has 0 aromatic heterocycles. The Kier molecular flexibility index (Phi) is 5.85. The lowest BCUT2D eigenvalue weighted by Crippen LogP contribution is -2.72. The summed E-state index contributed by atoms with van der Waals surface area (Å²) in [4.78, 5) is 15.8. The highest BCUT2D eigenvalue weighted by Gasteiger charge is 2.59. The number of nitrogens with one attached hydrogen (secondary N) is 2. The number of carbonyl (C=O) groups is 1. The van der Waals surface area contributed by atoms with E-state index in [1.165, 1.54) is 0 Å². The molecule has 3 unspecified atom stereocenters. The third kappa shape index (κ3) is 3.79. The molecule has 8 heteroatoms. The third-order valence-corrected chi connectivity index (χ3v) is 7.47. The molecule has 2 aliphatic heterocycles. The monoisotopic (exact) mass is 507 g/mol. The van der Waals surface area contributed by atoms with Crippen LogP contribution in [0.15, 0.2) is 60.7 Å². The lowest BCUT2D eigenvalue weighted by molar-refractivity contribution is -0.130. The van der Waals surface area contributed by atoms with Gasteiger partial charge in [0.05, 0.1) is 18.8 Å². The summed E-state index contributed by atoms with van der Waals surface area (Å²) in [5.74, 6) is 0.358. The first-order chi connectivity index (χ1) is 16.7. The number of amides is 1. The predicted octanol–water partition coefficient (Wildman–Crippen LogP) is 5.76. The molecule has 180 valence electrons. The highest BCUT2D eigenvalue weighted by atomic mass is 35.5. The number of para-hydroxylation sites is 1. The van der Waals surface area contributed by atoms with Crippen LogP contribution in [0.25, 0.3) is 0 Å². The van der Waals surface area contributed by atoms with Crippen LogP contribution in [0.1, 0.15) is 29.7 Å². The number of ether oxygens (including phenoxy) is 2. The van der Waals surface area contributed by atoms with Crippen molar-refractivity contribution in [2.75, 3.05) is 17.3 Å². The van der Waals surface area contributed by atoms with E-state index in [4.69, 9.17) is 33.3 Å². The third-order valence-electron chi connectivity index (χ3n) is 6.92. The van der Waals surface area contributed by atoms with Crippen LogP contribution in [0.3, 0.4) is 0 Å². The van der Waals surface area contributed by atoms with Gasteiger partial charge in [-0.25, -0.2) is 0 Å². The van der Waals surface area contributed by atoms with Crippen molar-refractivity contribution in [3.63, 3.8) is 0 Å². The summed E-state index contributed by atoms with van der Waals surface area (Å²) in [5.41, 5.74) is 3.39. The lowest BCUT2D eigenvalue weighted by atomic mass is 9.78. The molecule has 2 heterocycles. The van der Waals surface area contributed by atoms with E-state index >= 15 is 0 Å². The SMILES string of the molecule is COc1cccc2c1OC1(C)C(C(=O)Nc3ccc(Cl)cc3)C2NC(=S)N1c1cccc(C)c1C. The van der Waals surface area contributed by atoms with Gasteiger partial charge < -0.3 is 20.1 Å². The highest BCUT2D eigenvalue weighted by Crippen LogP contribution is 2.53. The van der Waals surface area contributed by atoms with Crippen molar-refractivity contribution >= 4 is 46.2 Å². The first-order valence-corrected chi connectivity index (χ1v) is 12.1. The molecule has 0 spiro atoms. The maximum absolute atomic E-state index is 13.9. The first-order valence-electron chi connectivity index (χ1n) is 11.3. The summed E-state index contributed by atoms with van der Waals surface area (Å²) < 4.78 is 12.3. The molecular weight excluding hydrogens is 482 g/mol. The normalized spacial score (nSPS) is 22.5. The predicted molar refractivity (Wildman–Crippen MR) is 142 cm³/mol. The Bertz CT molecular complexity index is 1330. The second kappa shape index (κ2) is 8.73. The molecule has 1 amide bonds. The zero-order valence-corrected chi connectivity index (χ0v) is 21.5. The largest absolute Gasteiger partial charge is 0.493 e. The molecule has 2 bridgehead atoms. The molecule has 0 radical (unpaired) electrons. The fourth-order valence-electron chi connectivity index (χ4n) is 5.03. The van der Waals surface area contributed by atoms with Gasteiger partial charge in [-0.3, -0.25) is 9.69 Å². The van der Waals surface area contributed by atoms with Crippen LogP contribution >= 0.6 is 23.8 Å². The first kappa shape index (κ1) is 23.5. The van der Waals surface area contributed by atoms with E-state index < -0.39 is 17.7 Å². The van der Waals surface area contributed by atoms with E-state index in [0.29, 0.717) is 27.3 Å². The van der Waals surface area contributed by atoms with Gasteiger partial charge in [-0.1, -0.05) is 35.9 Å². The molecule has 2 N–H and O–H groups in total. The molecule has 1 saturated heterocycles. The number of halogens is 1. The Morgan fingerprint density at radius 2 is 1.86 bits per heavy atom. The van der Waals surface area contributed by atoms with Gasteiger partial charge in [0.25, 0.3) is 0 Å². The van der Waals surface area contributed by atoms with E-state index in [9.17, 15) is 4.79 Å². The molecular formula is C27H26ClN3O3S. The van der Waals surface area contributed by atoms with E-state index in [0.717, 1.165) is 22.4 Å². The van der Waals surface area contributed by atoms with E-state index in [1.807, 2.05) is 49.1 Å². The zero-order chi connectivity index (χ0) is 24.9. The van der Waals surface area contributed by atoms with Gasteiger partial charge in [0.1, 0.15) is 5.92 Å². The number of rotatable bonds is 4. The minimum absolute atomic E-state index is 0.196. The van der Waals surface area contributed by atoms with Crippen molar-refractivity contribution in [3.05, 3.63) is 82.4 Å². The average molecular weight is 508 g/mol. The Morgan fingerprint density at radius 3 is 2.57 bits per heavy atom. The number of nitrogens with zero attached hydrogens (tertiary/aromatic N) is 1. The molecule has 0 aliphatic carbocycles. The summed E-state index contributed by atoms with van der Waals surface area (Å²) in [6, 6.07) is 18.3. The van der Waals surface area contributed by atoms with Crippen LogP contribution in [-0.2, 0) is 4.79 Å². The number of hydrogen-bond donors (Lipinski definition) is 2. The van der Waals surface area contributed by atoms with Gasteiger partial charge in [0.2, 0.25) is 5.91 Å². The fourth-order valence-corrected chi connectivity index (χ4v) is 5.56. The number of fused-ring (bicyclic) bond motifs is 4. The number of methoxy groups -OCH3 is 1. The maximum Gasteiger partial charge on any atom is 0.236 e. The van der Waals surface area contributed by atoms with Crippen molar-refractivity contribution in [2.45, 2.75) is 32.5 Å². The lowest BCUT2D eigenvalue weighted by Gasteiger charge is -2.56. The number of hydrogen-bond acceptors (Lipinski definition) is 4. The van der Waals surface area contributed by atoms with Crippen molar-refractivity contribution in [1.82, 2.24) is 5.32 Å². The molecule has 0 saturated carbocycles. The minimum atomic E-state index is -1.14. The second-order valence-electron chi connectivity index (χ2n) is 8.99. The summed E-state index contributed by atoms with van der Waals surface area (Å²) in [6.45, 7) is 6.01. The Hall–Kier alpha value is -3.29. The zero-order valence-electron chi connectivity index (χ0n) is 19.9. The van der Waals surface area contributed by atoms with Crippen molar-refractivity contribution in [1.29, 1.82) is 0 Å². The summed E-state index contributed by atoms with van der Waals surface area (Å²) in [7, 11) is 1.61. The highest BCUT2D eigenvalue weighted by molar-refractivity contribution is 7.80. The van der Waals surface area contributed by atoms with Crippen molar-refractivity contribution in [2.24, 2.45) is 5.92 Å².